The third-order valence-corrected chi connectivity index (χ3v) is 6.60. The molecule has 0 aliphatic rings. The van der Waals surface area contributed by atoms with Gasteiger partial charge in [-0.2, -0.15) is 0 Å². The van der Waals surface area contributed by atoms with Crippen molar-refractivity contribution in [3.63, 3.8) is 0 Å². The van der Waals surface area contributed by atoms with Gasteiger partial charge >= 0.3 is 0 Å². The Balaban J connectivity index is 1.74. The van der Waals surface area contributed by atoms with Gasteiger partial charge in [-0.05, 0) is 59.5 Å². The Labute approximate surface area is 197 Å². The van der Waals surface area contributed by atoms with Crippen molar-refractivity contribution in [3.8, 4) is 11.1 Å². The molecule has 0 spiro atoms. The number of benzene rings is 2. The number of carbonyl (C=O) groups is 1. The van der Waals surface area contributed by atoms with E-state index in [4.69, 9.17) is 11.6 Å². The zero-order valence-electron chi connectivity index (χ0n) is 18.1. The van der Waals surface area contributed by atoms with Crippen molar-refractivity contribution in [3.05, 3.63) is 89.3 Å². The Bertz CT molecular complexity index is 1440. The summed E-state index contributed by atoms with van der Waals surface area (Å²) in [6.07, 6.45) is 4.45. The van der Waals surface area contributed by atoms with Gasteiger partial charge in [-0.1, -0.05) is 36.7 Å². The van der Waals surface area contributed by atoms with E-state index in [1.165, 1.54) is 12.5 Å². The van der Waals surface area contributed by atoms with Crippen molar-refractivity contribution in [2.75, 3.05) is 17.3 Å². The number of sulfone groups is 1. The first-order valence-corrected chi connectivity index (χ1v) is 12.7. The number of hydrogen-bond donors (Lipinski definition) is 1. The van der Waals surface area contributed by atoms with E-state index in [1.807, 2.05) is 43.3 Å². The van der Waals surface area contributed by atoms with E-state index in [0.29, 0.717) is 16.4 Å². The molecule has 4 rings (SSSR count). The number of hydrogen-bond acceptors (Lipinski definition) is 5. The van der Waals surface area contributed by atoms with Gasteiger partial charge in [0.2, 0.25) is 0 Å². The predicted molar refractivity (Wildman–Crippen MR) is 133 cm³/mol. The van der Waals surface area contributed by atoms with Crippen LogP contribution in [0.3, 0.4) is 0 Å². The second kappa shape index (κ2) is 9.29. The maximum absolute atomic E-state index is 12.8. The summed E-state index contributed by atoms with van der Waals surface area (Å²) >= 11 is 5.81. The van der Waals surface area contributed by atoms with E-state index in [1.54, 1.807) is 30.5 Å². The van der Waals surface area contributed by atoms with E-state index in [9.17, 15) is 13.2 Å². The number of rotatable bonds is 6. The fraction of sp³-hybridized carbons (Fsp3) is 0.160. The number of aromatic nitrogens is 2. The molecular weight excluding hydrogens is 458 g/mol. The number of fused-ring (bicyclic) bond motifs is 1. The number of pyridine rings is 2. The van der Waals surface area contributed by atoms with Crippen LogP contribution in [0.5, 0.6) is 0 Å². The third-order valence-electron chi connectivity index (χ3n) is 5.27. The predicted octanol–water partition coefficient (Wildman–Crippen LogP) is 5.35. The van der Waals surface area contributed by atoms with Crippen LogP contribution in [0.1, 0.15) is 28.8 Å². The highest BCUT2D eigenvalue weighted by molar-refractivity contribution is 7.90. The summed E-state index contributed by atoms with van der Waals surface area (Å²) in [4.78, 5) is 21.3. The first-order chi connectivity index (χ1) is 15.7. The van der Waals surface area contributed by atoms with Crippen LogP contribution in [0.2, 0.25) is 5.15 Å². The molecule has 0 aliphatic carbocycles. The van der Waals surface area contributed by atoms with Crippen molar-refractivity contribution in [2.24, 2.45) is 0 Å². The number of nitrogens with one attached hydrogen (secondary N) is 1. The second-order valence-corrected chi connectivity index (χ2v) is 10.6. The average Bonchev–Trinajstić information content (AvgIpc) is 2.79. The number of carbonyl (C=O) groups excluding carboxylic acids is 1. The van der Waals surface area contributed by atoms with Gasteiger partial charge in [-0.25, -0.2) is 13.4 Å². The van der Waals surface area contributed by atoms with Crippen LogP contribution >= 0.6 is 11.6 Å². The highest BCUT2D eigenvalue weighted by atomic mass is 35.5. The van der Waals surface area contributed by atoms with Gasteiger partial charge in [-0.15, -0.1) is 0 Å². The van der Waals surface area contributed by atoms with Crippen molar-refractivity contribution in [1.82, 2.24) is 9.97 Å². The minimum absolute atomic E-state index is 0.0514. The van der Waals surface area contributed by atoms with Crippen molar-refractivity contribution in [2.45, 2.75) is 12.8 Å². The molecule has 0 saturated heterocycles. The van der Waals surface area contributed by atoms with Crippen molar-refractivity contribution >= 4 is 43.9 Å². The first-order valence-electron chi connectivity index (χ1n) is 10.3. The summed E-state index contributed by atoms with van der Waals surface area (Å²) in [6.45, 7) is 1.90. The lowest BCUT2D eigenvalue weighted by atomic mass is 9.93. The van der Waals surface area contributed by atoms with Crippen molar-refractivity contribution < 1.29 is 13.2 Å². The SMILES string of the molecule is CC(CS(C)(=O)=O)c1cc(-c2cccc(C(=O)Nc3ccc(Cl)nc3)c2)c2ncccc2c1. The van der Waals surface area contributed by atoms with E-state index >= 15 is 0 Å². The smallest absolute Gasteiger partial charge is 0.255 e. The van der Waals surface area contributed by atoms with Gasteiger partial charge in [0, 0.05) is 29.0 Å². The van der Waals surface area contributed by atoms with Crippen LogP contribution in [-0.2, 0) is 9.84 Å². The molecule has 2 aromatic heterocycles. The Hall–Kier alpha value is -3.29. The number of anilines is 1. The summed E-state index contributed by atoms with van der Waals surface area (Å²) in [5.74, 6) is -0.414. The highest BCUT2D eigenvalue weighted by Crippen LogP contribution is 2.32. The fourth-order valence-electron chi connectivity index (χ4n) is 3.75. The van der Waals surface area contributed by atoms with Gasteiger partial charge in [0.05, 0.1) is 23.2 Å². The molecule has 1 atom stereocenters. The molecule has 0 aliphatic heterocycles. The van der Waals surface area contributed by atoms with Crippen LogP contribution < -0.4 is 5.32 Å². The fourth-order valence-corrected chi connectivity index (χ4v) is 4.96. The topological polar surface area (TPSA) is 89.0 Å². The molecule has 0 saturated carbocycles. The molecule has 1 unspecified atom stereocenters. The molecule has 4 aromatic rings. The average molecular weight is 480 g/mol. The van der Waals surface area contributed by atoms with Gasteiger partial charge in [0.25, 0.3) is 5.91 Å². The molecular formula is C25H22ClN3O3S. The lowest BCUT2D eigenvalue weighted by Crippen LogP contribution is -2.12. The zero-order chi connectivity index (χ0) is 23.6. The van der Waals surface area contributed by atoms with Gasteiger partial charge < -0.3 is 5.32 Å². The van der Waals surface area contributed by atoms with Crippen LogP contribution in [-0.4, -0.2) is 36.3 Å². The Morgan fingerprint density at radius 1 is 1.06 bits per heavy atom. The molecule has 0 radical (unpaired) electrons. The van der Waals surface area contributed by atoms with Crippen LogP contribution in [0.4, 0.5) is 5.69 Å². The molecule has 8 heteroatoms. The van der Waals surface area contributed by atoms with Crippen LogP contribution in [0.15, 0.2) is 73.1 Å². The maximum atomic E-state index is 12.8. The number of amides is 1. The van der Waals surface area contributed by atoms with Crippen LogP contribution in [0.25, 0.3) is 22.0 Å². The van der Waals surface area contributed by atoms with E-state index in [2.05, 4.69) is 15.3 Å². The summed E-state index contributed by atoms with van der Waals surface area (Å²) in [6, 6.07) is 18.3. The second-order valence-electron chi connectivity index (χ2n) is 8.04. The molecule has 1 N–H and O–H groups in total. The Kier molecular flexibility index (Phi) is 6.44. The quantitative estimate of drug-likeness (QED) is 0.376. The highest BCUT2D eigenvalue weighted by Gasteiger charge is 2.17. The van der Waals surface area contributed by atoms with E-state index < -0.39 is 9.84 Å². The number of nitrogens with zero attached hydrogens (tertiary/aromatic N) is 2. The van der Waals surface area contributed by atoms with Gasteiger partial charge in [-0.3, -0.25) is 9.78 Å². The molecule has 2 aromatic carbocycles. The van der Waals surface area contributed by atoms with E-state index in [-0.39, 0.29) is 17.6 Å². The van der Waals surface area contributed by atoms with Gasteiger partial charge in [0.1, 0.15) is 15.0 Å². The van der Waals surface area contributed by atoms with Crippen molar-refractivity contribution in [1.29, 1.82) is 0 Å². The lowest BCUT2D eigenvalue weighted by Gasteiger charge is -2.15. The minimum atomic E-state index is -3.13. The number of halogens is 1. The monoisotopic (exact) mass is 479 g/mol. The Morgan fingerprint density at radius 2 is 1.88 bits per heavy atom. The zero-order valence-corrected chi connectivity index (χ0v) is 19.7. The summed E-state index contributed by atoms with van der Waals surface area (Å²) in [7, 11) is -3.13. The van der Waals surface area contributed by atoms with Gasteiger partial charge in [0.15, 0.2) is 0 Å². The minimum Gasteiger partial charge on any atom is -0.321 e. The lowest BCUT2D eigenvalue weighted by molar-refractivity contribution is 0.102. The summed E-state index contributed by atoms with van der Waals surface area (Å²) in [5, 5.41) is 4.07. The molecule has 0 bridgehead atoms. The maximum Gasteiger partial charge on any atom is 0.255 e. The van der Waals surface area contributed by atoms with Crippen LogP contribution in [0, 0.1) is 0 Å². The molecule has 0 fully saturated rings. The molecule has 2 heterocycles. The van der Waals surface area contributed by atoms with E-state index in [0.717, 1.165) is 27.6 Å². The summed E-state index contributed by atoms with van der Waals surface area (Å²) < 4.78 is 23.7. The molecule has 33 heavy (non-hydrogen) atoms. The standard InChI is InChI=1S/C25H22ClN3O3S/c1-16(15-33(2,31)32)20-12-18-7-4-10-27-24(18)22(13-20)17-5-3-6-19(11-17)25(30)29-21-8-9-23(26)28-14-21/h3-14,16H,15H2,1-2H3,(H,29,30). The third kappa shape index (κ3) is 5.56. The summed E-state index contributed by atoms with van der Waals surface area (Å²) in [5.41, 5.74) is 4.35. The normalized spacial score (nSPS) is 12.5. The molecule has 168 valence electrons. The largest absolute Gasteiger partial charge is 0.321 e. The first kappa shape index (κ1) is 22.9. The molecule has 1 amide bonds. The molecule has 6 nitrogen and oxygen atoms in total. The Morgan fingerprint density at radius 3 is 2.61 bits per heavy atom.